The Morgan fingerprint density at radius 2 is 1.69 bits per heavy atom. The van der Waals surface area contributed by atoms with E-state index in [1.165, 1.54) is 0 Å². The monoisotopic (exact) mass is 432 g/mol. The molecule has 2 aromatic heterocycles. The van der Waals surface area contributed by atoms with Crippen LogP contribution in [0.3, 0.4) is 0 Å². The summed E-state index contributed by atoms with van der Waals surface area (Å²) in [5, 5.41) is 6.95. The molecule has 0 amide bonds. The van der Waals surface area contributed by atoms with E-state index in [-0.39, 0.29) is 24.3 Å². The zero-order valence-corrected chi connectivity index (χ0v) is 18.3. The highest BCUT2D eigenvalue weighted by molar-refractivity contribution is 5.63. The maximum absolute atomic E-state index is 6.08. The summed E-state index contributed by atoms with van der Waals surface area (Å²) in [5.41, 5.74) is 4.09. The molecule has 4 unspecified atom stereocenters. The predicted octanol–water partition coefficient (Wildman–Crippen LogP) is 2.34. The average Bonchev–Trinajstić information content (AvgIpc) is 3.42. The fraction of sp³-hybridized carbons (Fsp3) is 0.375. The number of hydrogen-bond acceptors (Lipinski definition) is 8. The van der Waals surface area contributed by atoms with Gasteiger partial charge in [-0.05, 0) is 30.3 Å². The van der Waals surface area contributed by atoms with Crippen molar-refractivity contribution >= 4 is 11.6 Å². The minimum absolute atomic E-state index is 0.00188. The molecule has 0 saturated carbocycles. The number of nitrogens with one attached hydrogen (secondary N) is 2. The average molecular weight is 433 g/mol. The first kappa shape index (κ1) is 20.8. The maximum Gasteiger partial charge on any atom is 0.223 e. The van der Waals surface area contributed by atoms with Crippen LogP contribution in [0, 0.1) is 0 Å². The van der Waals surface area contributed by atoms with Gasteiger partial charge in [-0.1, -0.05) is 18.2 Å². The van der Waals surface area contributed by atoms with Crippen molar-refractivity contribution in [3.8, 4) is 11.3 Å². The molecule has 0 aliphatic carbocycles. The highest BCUT2D eigenvalue weighted by atomic mass is 16.6. The normalized spacial score (nSPS) is 24.3. The van der Waals surface area contributed by atoms with Crippen LogP contribution in [-0.2, 0) is 16.0 Å². The number of hydrogen-bond donors (Lipinski definition) is 2. The highest BCUT2D eigenvalue weighted by Gasteiger charge is 2.47. The van der Waals surface area contributed by atoms with Gasteiger partial charge in [0, 0.05) is 44.3 Å². The Labute approximate surface area is 188 Å². The third-order valence-electron chi connectivity index (χ3n) is 5.97. The third-order valence-corrected chi connectivity index (χ3v) is 5.97. The Bertz CT molecular complexity index is 1030. The van der Waals surface area contributed by atoms with Crippen molar-refractivity contribution in [3.05, 3.63) is 66.6 Å². The van der Waals surface area contributed by atoms with Gasteiger partial charge in [0.05, 0.1) is 36.7 Å². The number of benzene rings is 1. The van der Waals surface area contributed by atoms with Crippen LogP contribution in [0.2, 0.25) is 0 Å². The molecule has 2 saturated heterocycles. The van der Waals surface area contributed by atoms with E-state index in [0.29, 0.717) is 25.7 Å². The van der Waals surface area contributed by atoms with Crippen molar-refractivity contribution in [2.24, 2.45) is 0 Å². The number of nitrogens with zero attached hydrogens (tertiary/aromatic N) is 4. The number of anilines is 2. The van der Waals surface area contributed by atoms with Gasteiger partial charge in [0.15, 0.2) is 0 Å². The molecule has 3 aromatic rings. The van der Waals surface area contributed by atoms with E-state index in [9.17, 15) is 0 Å². The molecular weight excluding hydrogens is 404 g/mol. The number of ether oxygens (including phenoxy) is 2. The SMILES string of the molecule is CN(C)c1ccc(-c2ccnc(NC3COC4C(NCc5ccccn5)COC34)n2)cc1. The van der Waals surface area contributed by atoms with E-state index in [0.717, 1.165) is 22.6 Å². The van der Waals surface area contributed by atoms with Crippen molar-refractivity contribution in [1.29, 1.82) is 0 Å². The molecule has 166 valence electrons. The summed E-state index contributed by atoms with van der Waals surface area (Å²) >= 11 is 0. The molecule has 2 aliphatic heterocycles. The fourth-order valence-corrected chi connectivity index (χ4v) is 4.22. The molecule has 1 aromatic carbocycles. The summed E-state index contributed by atoms with van der Waals surface area (Å²) in [6, 6.07) is 16.3. The zero-order valence-electron chi connectivity index (χ0n) is 18.3. The van der Waals surface area contributed by atoms with E-state index >= 15 is 0 Å². The molecule has 2 fully saturated rings. The van der Waals surface area contributed by atoms with Gasteiger partial charge in [-0.2, -0.15) is 0 Å². The Kier molecular flexibility index (Phi) is 5.98. The lowest BCUT2D eigenvalue weighted by atomic mass is 10.1. The largest absolute Gasteiger partial charge is 0.378 e. The van der Waals surface area contributed by atoms with Gasteiger partial charge in [-0.3, -0.25) is 4.98 Å². The van der Waals surface area contributed by atoms with Crippen LogP contribution in [0.15, 0.2) is 60.9 Å². The summed E-state index contributed by atoms with van der Waals surface area (Å²) < 4.78 is 12.2. The second kappa shape index (κ2) is 9.20. The summed E-state index contributed by atoms with van der Waals surface area (Å²) in [4.78, 5) is 15.6. The van der Waals surface area contributed by atoms with E-state index in [4.69, 9.17) is 14.5 Å². The second-order valence-corrected chi connectivity index (χ2v) is 8.36. The minimum Gasteiger partial charge on any atom is -0.378 e. The summed E-state index contributed by atoms with van der Waals surface area (Å²) in [6.45, 7) is 1.86. The van der Waals surface area contributed by atoms with Crippen molar-refractivity contribution in [1.82, 2.24) is 20.3 Å². The van der Waals surface area contributed by atoms with Gasteiger partial charge >= 0.3 is 0 Å². The molecule has 0 radical (unpaired) electrons. The summed E-state index contributed by atoms with van der Waals surface area (Å²) in [7, 11) is 4.06. The molecule has 4 atom stereocenters. The molecule has 0 bridgehead atoms. The van der Waals surface area contributed by atoms with Gasteiger partial charge in [0.2, 0.25) is 5.95 Å². The van der Waals surface area contributed by atoms with Crippen molar-refractivity contribution in [2.45, 2.75) is 30.8 Å². The first-order chi connectivity index (χ1) is 15.7. The van der Waals surface area contributed by atoms with Crippen molar-refractivity contribution < 1.29 is 9.47 Å². The van der Waals surface area contributed by atoms with E-state index < -0.39 is 0 Å². The van der Waals surface area contributed by atoms with Crippen molar-refractivity contribution in [2.75, 3.05) is 37.5 Å². The molecule has 4 heterocycles. The molecule has 8 heteroatoms. The minimum atomic E-state index is -0.0390. The maximum atomic E-state index is 6.08. The zero-order chi connectivity index (χ0) is 21.9. The Hall–Kier alpha value is -3.07. The molecule has 2 aliphatic rings. The van der Waals surface area contributed by atoms with Crippen LogP contribution in [0.1, 0.15) is 5.69 Å². The molecular formula is C24H28N6O2. The second-order valence-electron chi connectivity index (χ2n) is 8.36. The van der Waals surface area contributed by atoms with Gasteiger partial charge in [0.1, 0.15) is 12.2 Å². The van der Waals surface area contributed by atoms with Crippen LogP contribution in [0.25, 0.3) is 11.3 Å². The lowest BCUT2D eigenvalue weighted by molar-refractivity contribution is 0.0674. The smallest absolute Gasteiger partial charge is 0.223 e. The van der Waals surface area contributed by atoms with E-state index in [2.05, 4.69) is 49.8 Å². The van der Waals surface area contributed by atoms with Gasteiger partial charge < -0.3 is 25.0 Å². The number of fused-ring (bicyclic) bond motifs is 1. The standard InChI is InChI=1S/C24H28N6O2/c1-30(2)18-8-6-16(7-9-18)19-10-12-26-24(28-19)29-21-15-32-22-20(14-31-23(21)22)27-13-17-5-3-4-11-25-17/h3-12,20-23,27H,13-15H2,1-2H3,(H,26,28,29). The quantitative estimate of drug-likeness (QED) is 0.589. The topological polar surface area (TPSA) is 84.4 Å². The Morgan fingerprint density at radius 3 is 2.44 bits per heavy atom. The lowest BCUT2D eigenvalue weighted by Crippen LogP contribution is -2.42. The molecule has 2 N–H and O–H groups in total. The van der Waals surface area contributed by atoms with Crippen LogP contribution in [-0.4, -0.2) is 66.6 Å². The molecule has 0 spiro atoms. The first-order valence-corrected chi connectivity index (χ1v) is 10.9. The van der Waals surface area contributed by atoms with Gasteiger partial charge in [-0.15, -0.1) is 0 Å². The molecule has 32 heavy (non-hydrogen) atoms. The predicted molar refractivity (Wildman–Crippen MR) is 124 cm³/mol. The molecule has 5 rings (SSSR count). The van der Waals surface area contributed by atoms with E-state index in [1.54, 1.807) is 6.20 Å². The Balaban J connectivity index is 1.21. The summed E-state index contributed by atoms with van der Waals surface area (Å²) in [5.74, 6) is 0.585. The van der Waals surface area contributed by atoms with Crippen LogP contribution in [0.4, 0.5) is 11.6 Å². The van der Waals surface area contributed by atoms with E-state index in [1.807, 2.05) is 44.6 Å². The van der Waals surface area contributed by atoms with Crippen LogP contribution >= 0.6 is 0 Å². The highest BCUT2D eigenvalue weighted by Crippen LogP contribution is 2.29. The van der Waals surface area contributed by atoms with Gasteiger partial charge in [0.25, 0.3) is 0 Å². The fourth-order valence-electron chi connectivity index (χ4n) is 4.22. The number of pyridine rings is 1. The van der Waals surface area contributed by atoms with Crippen molar-refractivity contribution in [3.63, 3.8) is 0 Å². The molecule has 8 nitrogen and oxygen atoms in total. The number of aromatic nitrogens is 3. The Morgan fingerprint density at radius 1 is 0.906 bits per heavy atom. The van der Waals surface area contributed by atoms with Gasteiger partial charge in [-0.25, -0.2) is 9.97 Å². The van der Waals surface area contributed by atoms with Crippen LogP contribution < -0.4 is 15.5 Å². The van der Waals surface area contributed by atoms with Crippen LogP contribution in [0.5, 0.6) is 0 Å². The first-order valence-electron chi connectivity index (χ1n) is 10.9. The lowest BCUT2D eigenvalue weighted by Gasteiger charge is -2.18. The summed E-state index contributed by atoms with van der Waals surface area (Å²) in [6.07, 6.45) is 3.55. The third kappa shape index (κ3) is 4.43. The number of rotatable bonds is 7.